The molecule has 0 radical (unpaired) electrons. The number of nitrogens with one attached hydrogen (secondary N) is 1. The van der Waals surface area contributed by atoms with E-state index in [0.29, 0.717) is 0 Å². The van der Waals surface area contributed by atoms with Crippen LogP contribution in [0.1, 0.15) is 71.6 Å². The van der Waals surface area contributed by atoms with Crippen LogP contribution in [0, 0.1) is 0 Å². The molecule has 0 atom stereocenters. The Morgan fingerprint density at radius 3 is 2.25 bits per heavy atom. The molecule has 0 saturated carbocycles. The van der Waals surface area contributed by atoms with Gasteiger partial charge < -0.3 is 9.88 Å². The summed E-state index contributed by atoms with van der Waals surface area (Å²) in [6.07, 6.45) is 17.8. The zero-order valence-electron chi connectivity index (χ0n) is 13.5. The second-order valence-electron chi connectivity index (χ2n) is 5.80. The summed E-state index contributed by atoms with van der Waals surface area (Å²) in [4.78, 5) is 4.08. The summed E-state index contributed by atoms with van der Waals surface area (Å²) < 4.78 is 2.16. The Kier molecular flexibility index (Phi) is 10.3. The monoisotopic (exact) mass is 279 g/mol. The zero-order valence-corrected chi connectivity index (χ0v) is 13.5. The molecule has 0 unspecified atom stereocenters. The van der Waals surface area contributed by atoms with Gasteiger partial charge in [0.2, 0.25) is 0 Å². The lowest BCUT2D eigenvalue weighted by Gasteiger charge is -2.18. The Balaban J connectivity index is 2.13. The number of unbranched alkanes of at least 4 members (excludes halogenated alkanes) is 4. The lowest BCUT2D eigenvalue weighted by molar-refractivity contribution is 0.410. The van der Waals surface area contributed by atoms with Crippen LogP contribution in [0.5, 0.6) is 0 Å². The van der Waals surface area contributed by atoms with Gasteiger partial charge in [-0.25, -0.2) is 4.98 Å². The van der Waals surface area contributed by atoms with Gasteiger partial charge in [0.15, 0.2) is 0 Å². The lowest BCUT2D eigenvalue weighted by Crippen LogP contribution is -2.30. The van der Waals surface area contributed by atoms with E-state index in [0.717, 1.165) is 19.1 Å². The standard InChI is InChI=1S/C17H33N3/c1-3-5-7-10-17(11-8-6-4-2)19-12-9-14-20-15-13-18-16-20/h13,15-17,19H,3-12,14H2,1-2H3. The molecule has 1 N–H and O–H groups in total. The first-order valence-corrected chi connectivity index (χ1v) is 8.56. The van der Waals surface area contributed by atoms with E-state index in [4.69, 9.17) is 0 Å². The lowest BCUT2D eigenvalue weighted by atomic mass is 10.0. The molecule has 0 aromatic carbocycles. The summed E-state index contributed by atoms with van der Waals surface area (Å²) >= 11 is 0. The molecule has 3 heteroatoms. The van der Waals surface area contributed by atoms with Crippen molar-refractivity contribution < 1.29 is 0 Å². The van der Waals surface area contributed by atoms with E-state index in [2.05, 4.69) is 28.7 Å². The molecule has 116 valence electrons. The van der Waals surface area contributed by atoms with Gasteiger partial charge in [-0.1, -0.05) is 52.4 Å². The highest BCUT2D eigenvalue weighted by Crippen LogP contribution is 2.11. The minimum atomic E-state index is 0.732. The molecular formula is C17H33N3. The zero-order chi connectivity index (χ0) is 14.5. The molecule has 1 heterocycles. The summed E-state index contributed by atoms with van der Waals surface area (Å²) in [5.41, 5.74) is 0. The second-order valence-corrected chi connectivity index (χ2v) is 5.80. The predicted octanol–water partition coefficient (Wildman–Crippen LogP) is 4.39. The van der Waals surface area contributed by atoms with Gasteiger partial charge in [-0.3, -0.25) is 0 Å². The number of aromatic nitrogens is 2. The highest BCUT2D eigenvalue weighted by Gasteiger charge is 2.07. The third-order valence-corrected chi connectivity index (χ3v) is 3.90. The normalized spacial score (nSPS) is 11.3. The molecule has 0 saturated heterocycles. The average Bonchev–Trinajstić information content (AvgIpc) is 2.96. The number of nitrogens with zero attached hydrogens (tertiary/aromatic N) is 2. The Morgan fingerprint density at radius 2 is 1.70 bits per heavy atom. The van der Waals surface area contributed by atoms with Crippen molar-refractivity contribution in [1.29, 1.82) is 0 Å². The van der Waals surface area contributed by atoms with E-state index < -0.39 is 0 Å². The molecule has 0 aliphatic carbocycles. The number of rotatable bonds is 13. The van der Waals surface area contributed by atoms with Gasteiger partial charge in [-0.05, 0) is 25.8 Å². The van der Waals surface area contributed by atoms with Crippen LogP contribution in [0.25, 0.3) is 0 Å². The first-order chi connectivity index (χ1) is 9.86. The molecule has 1 aromatic heterocycles. The van der Waals surface area contributed by atoms with Gasteiger partial charge >= 0.3 is 0 Å². The van der Waals surface area contributed by atoms with Crippen molar-refractivity contribution >= 4 is 0 Å². The topological polar surface area (TPSA) is 29.9 Å². The Morgan fingerprint density at radius 1 is 1.00 bits per heavy atom. The van der Waals surface area contributed by atoms with Crippen molar-refractivity contribution in [3.8, 4) is 0 Å². The van der Waals surface area contributed by atoms with Crippen LogP contribution in [0.3, 0.4) is 0 Å². The molecule has 0 spiro atoms. The summed E-state index contributed by atoms with van der Waals surface area (Å²) in [5.74, 6) is 0. The first kappa shape index (κ1) is 17.2. The van der Waals surface area contributed by atoms with Gasteiger partial charge in [0.25, 0.3) is 0 Å². The van der Waals surface area contributed by atoms with Crippen LogP contribution in [0.2, 0.25) is 0 Å². The van der Waals surface area contributed by atoms with Gasteiger partial charge in [0, 0.05) is 25.0 Å². The fraction of sp³-hybridized carbons (Fsp3) is 0.824. The fourth-order valence-electron chi connectivity index (χ4n) is 2.62. The third kappa shape index (κ3) is 8.36. The Hall–Kier alpha value is -0.830. The van der Waals surface area contributed by atoms with Gasteiger partial charge in [0.05, 0.1) is 6.33 Å². The molecule has 3 nitrogen and oxygen atoms in total. The fourth-order valence-corrected chi connectivity index (χ4v) is 2.62. The van der Waals surface area contributed by atoms with Gasteiger partial charge in [0.1, 0.15) is 0 Å². The molecule has 0 aliphatic rings. The van der Waals surface area contributed by atoms with E-state index in [1.165, 1.54) is 57.8 Å². The van der Waals surface area contributed by atoms with Crippen LogP contribution in [-0.2, 0) is 6.54 Å². The summed E-state index contributed by atoms with van der Waals surface area (Å²) in [6.45, 7) is 6.76. The molecule has 20 heavy (non-hydrogen) atoms. The van der Waals surface area contributed by atoms with Crippen molar-refractivity contribution in [3.63, 3.8) is 0 Å². The van der Waals surface area contributed by atoms with Crippen molar-refractivity contribution in [3.05, 3.63) is 18.7 Å². The minimum Gasteiger partial charge on any atom is -0.337 e. The average molecular weight is 279 g/mol. The quantitative estimate of drug-likeness (QED) is 0.543. The van der Waals surface area contributed by atoms with Crippen LogP contribution < -0.4 is 5.32 Å². The Labute approximate surface area is 125 Å². The third-order valence-electron chi connectivity index (χ3n) is 3.90. The summed E-state index contributed by atoms with van der Waals surface area (Å²) in [6, 6.07) is 0.732. The predicted molar refractivity (Wildman–Crippen MR) is 86.9 cm³/mol. The maximum Gasteiger partial charge on any atom is 0.0945 e. The number of hydrogen-bond donors (Lipinski definition) is 1. The summed E-state index contributed by atoms with van der Waals surface area (Å²) in [7, 11) is 0. The highest BCUT2D eigenvalue weighted by molar-refractivity contribution is 4.74. The largest absolute Gasteiger partial charge is 0.337 e. The first-order valence-electron chi connectivity index (χ1n) is 8.56. The van der Waals surface area contributed by atoms with Crippen molar-refractivity contribution in [2.75, 3.05) is 6.54 Å². The van der Waals surface area contributed by atoms with Crippen LogP contribution in [-0.4, -0.2) is 22.1 Å². The maximum atomic E-state index is 4.08. The van der Waals surface area contributed by atoms with E-state index in [1.54, 1.807) is 0 Å². The molecule has 0 aliphatic heterocycles. The van der Waals surface area contributed by atoms with Crippen LogP contribution in [0.4, 0.5) is 0 Å². The van der Waals surface area contributed by atoms with Crippen molar-refractivity contribution in [2.24, 2.45) is 0 Å². The van der Waals surface area contributed by atoms with Crippen molar-refractivity contribution in [1.82, 2.24) is 14.9 Å². The molecule has 0 fully saturated rings. The SMILES string of the molecule is CCCCCC(CCCCC)NCCCn1ccnc1. The smallest absolute Gasteiger partial charge is 0.0945 e. The van der Waals surface area contributed by atoms with E-state index >= 15 is 0 Å². The van der Waals surface area contributed by atoms with Gasteiger partial charge in [-0.2, -0.15) is 0 Å². The van der Waals surface area contributed by atoms with Gasteiger partial charge in [-0.15, -0.1) is 0 Å². The highest BCUT2D eigenvalue weighted by atomic mass is 15.0. The summed E-state index contributed by atoms with van der Waals surface area (Å²) in [5, 5.41) is 3.77. The molecule has 1 rings (SSSR count). The van der Waals surface area contributed by atoms with Crippen LogP contribution >= 0.6 is 0 Å². The maximum absolute atomic E-state index is 4.08. The van der Waals surface area contributed by atoms with E-state index in [-0.39, 0.29) is 0 Å². The molecule has 1 aromatic rings. The minimum absolute atomic E-state index is 0.732. The number of aryl methyl sites for hydroxylation is 1. The molecule has 0 bridgehead atoms. The molecule has 0 amide bonds. The molecular weight excluding hydrogens is 246 g/mol. The van der Waals surface area contributed by atoms with Crippen molar-refractivity contribution in [2.45, 2.75) is 84.2 Å². The number of imidazole rings is 1. The number of hydrogen-bond acceptors (Lipinski definition) is 2. The van der Waals surface area contributed by atoms with Crippen LogP contribution in [0.15, 0.2) is 18.7 Å². The second kappa shape index (κ2) is 12.0. The Bertz CT molecular complexity index is 285. The van der Waals surface area contributed by atoms with E-state index in [9.17, 15) is 0 Å². The van der Waals surface area contributed by atoms with E-state index in [1.807, 2.05) is 18.7 Å².